The number of carbonyl (C=O) groups excluding carboxylic acids is 1. The fourth-order valence-electron chi connectivity index (χ4n) is 3.91. The van der Waals surface area contributed by atoms with E-state index in [4.69, 9.17) is 0 Å². The molecule has 0 N–H and O–H groups in total. The summed E-state index contributed by atoms with van der Waals surface area (Å²) in [7, 11) is -2.88. The van der Waals surface area contributed by atoms with Crippen molar-refractivity contribution in [2.24, 2.45) is 0 Å². The first-order valence-corrected chi connectivity index (χ1v) is 11.9. The molecule has 0 fully saturated rings. The van der Waals surface area contributed by atoms with Crippen molar-refractivity contribution in [3.8, 4) is 0 Å². The molecule has 0 aliphatic rings. The van der Waals surface area contributed by atoms with E-state index in [1.807, 2.05) is 0 Å². The van der Waals surface area contributed by atoms with Crippen molar-refractivity contribution in [1.29, 1.82) is 0 Å². The summed E-state index contributed by atoms with van der Waals surface area (Å²) in [6, 6.07) is 26.9. The van der Waals surface area contributed by atoms with Gasteiger partial charge in [-0.05, 0) is 36.4 Å². The molecule has 0 radical (unpaired) electrons. The van der Waals surface area contributed by atoms with E-state index in [2.05, 4.69) is 0 Å². The molecule has 33 heavy (non-hydrogen) atoms. The highest BCUT2D eigenvalue weighted by Gasteiger charge is 2.48. The van der Waals surface area contributed by atoms with Crippen molar-refractivity contribution in [3.05, 3.63) is 126 Å². The minimum atomic E-state index is -2.88. The van der Waals surface area contributed by atoms with Gasteiger partial charge in [0.2, 0.25) is 11.6 Å². The van der Waals surface area contributed by atoms with Crippen LogP contribution in [0.1, 0.15) is 10.4 Å². The number of hydrogen-bond donors (Lipinski definition) is 0. The molecule has 0 atom stereocenters. The molecular weight excluding hydrogens is 454 g/mol. The van der Waals surface area contributed by atoms with Crippen LogP contribution in [-0.2, 0) is 0 Å². The summed E-state index contributed by atoms with van der Waals surface area (Å²) in [5, 5.41) is 2.21. The Hall–Kier alpha value is -3.37. The van der Waals surface area contributed by atoms with Gasteiger partial charge in [0.15, 0.2) is 23.3 Å². The first-order valence-electron chi connectivity index (χ1n) is 9.97. The van der Waals surface area contributed by atoms with Gasteiger partial charge in [0.25, 0.3) is 0 Å². The highest BCUT2D eigenvalue weighted by Crippen LogP contribution is 2.55. The Kier molecular flexibility index (Phi) is 6.39. The molecule has 166 valence electrons. The highest BCUT2D eigenvalue weighted by atomic mass is 31.2. The van der Waals surface area contributed by atoms with Crippen molar-refractivity contribution in [1.82, 2.24) is 0 Å². The smallest absolute Gasteiger partial charge is 0.207 e. The molecule has 0 aliphatic carbocycles. The zero-order valence-corrected chi connectivity index (χ0v) is 18.0. The fourth-order valence-corrected chi connectivity index (χ4v) is 7.99. The Morgan fingerprint density at radius 1 is 0.515 bits per heavy atom. The maximum Gasteiger partial charge on any atom is 0.207 e. The molecule has 4 aromatic rings. The third kappa shape index (κ3) is 3.96. The lowest BCUT2D eigenvalue weighted by Gasteiger charge is -2.27. The van der Waals surface area contributed by atoms with E-state index in [1.54, 1.807) is 91.0 Å². The van der Waals surface area contributed by atoms with Crippen LogP contribution in [0.2, 0.25) is 0 Å². The Bertz CT molecular complexity index is 1170. The van der Waals surface area contributed by atoms with Gasteiger partial charge < -0.3 is 0 Å². The Morgan fingerprint density at radius 3 is 1.15 bits per heavy atom. The lowest BCUT2D eigenvalue weighted by Crippen LogP contribution is -2.36. The standard InChI is InChI=1S/C26H17F5OP/c27-22-21(23(28)25(30)26(31)24(22)29)20(32)16-33(17-10-4-1-5-11-17,18-12-6-2-7-13-18)19-14-8-3-9-15-19/h1-15H,16H2/q+1. The Balaban J connectivity index is 1.99. The molecule has 0 aromatic heterocycles. The number of ketones is 1. The van der Waals surface area contributed by atoms with Gasteiger partial charge in [0, 0.05) is 0 Å². The second-order valence-electron chi connectivity index (χ2n) is 7.34. The third-order valence-corrected chi connectivity index (χ3v) is 9.76. The SMILES string of the molecule is O=C(C[P+](c1ccccc1)(c1ccccc1)c1ccccc1)c1c(F)c(F)c(F)c(F)c1F. The number of carbonyl (C=O) groups is 1. The molecule has 0 aliphatic heterocycles. The van der Waals surface area contributed by atoms with Gasteiger partial charge in [0.05, 0.1) is 5.56 Å². The van der Waals surface area contributed by atoms with E-state index in [0.717, 1.165) is 15.9 Å². The van der Waals surface area contributed by atoms with Crippen LogP contribution in [0.3, 0.4) is 0 Å². The van der Waals surface area contributed by atoms with E-state index < -0.39 is 53.9 Å². The second-order valence-corrected chi connectivity index (χ2v) is 10.8. The monoisotopic (exact) mass is 471 g/mol. The summed E-state index contributed by atoms with van der Waals surface area (Å²) < 4.78 is 70.3. The van der Waals surface area contributed by atoms with Crippen LogP contribution in [0.25, 0.3) is 0 Å². The normalized spacial score (nSPS) is 11.4. The number of benzene rings is 4. The molecule has 0 saturated carbocycles. The van der Waals surface area contributed by atoms with Crippen LogP contribution in [0.5, 0.6) is 0 Å². The summed E-state index contributed by atoms with van der Waals surface area (Å²) in [5.74, 6) is -12.0. The van der Waals surface area contributed by atoms with Gasteiger partial charge in [-0.25, -0.2) is 22.0 Å². The maximum atomic E-state index is 14.5. The van der Waals surface area contributed by atoms with Gasteiger partial charge in [-0.2, -0.15) is 0 Å². The summed E-state index contributed by atoms with van der Waals surface area (Å²) >= 11 is 0. The molecule has 7 heteroatoms. The lowest BCUT2D eigenvalue weighted by atomic mass is 10.1. The largest absolute Gasteiger partial charge is 0.290 e. The molecule has 4 rings (SSSR count). The van der Waals surface area contributed by atoms with Crippen molar-refractivity contribution in [2.45, 2.75) is 0 Å². The van der Waals surface area contributed by atoms with Crippen molar-refractivity contribution in [3.63, 3.8) is 0 Å². The molecule has 1 nitrogen and oxygen atoms in total. The van der Waals surface area contributed by atoms with Crippen molar-refractivity contribution >= 4 is 29.0 Å². The van der Waals surface area contributed by atoms with Crippen LogP contribution < -0.4 is 15.9 Å². The van der Waals surface area contributed by atoms with Crippen LogP contribution >= 0.6 is 7.26 Å². The first-order chi connectivity index (χ1) is 15.9. The number of halogens is 5. The zero-order valence-electron chi connectivity index (χ0n) is 17.1. The summed E-state index contributed by atoms with van der Waals surface area (Å²) in [4.78, 5) is 13.3. The van der Waals surface area contributed by atoms with Crippen molar-refractivity contribution < 1.29 is 26.7 Å². The molecule has 0 spiro atoms. The number of rotatable bonds is 6. The predicted octanol–water partition coefficient (Wildman–Crippen LogP) is 5.56. The molecule has 0 heterocycles. The minimum Gasteiger partial charge on any atom is -0.290 e. The topological polar surface area (TPSA) is 17.1 Å². The molecule has 0 saturated heterocycles. The summed E-state index contributed by atoms with van der Waals surface area (Å²) in [6.45, 7) is 0. The van der Waals surface area contributed by atoms with E-state index in [1.165, 1.54) is 0 Å². The van der Waals surface area contributed by atoms with Crippen LogP contribution in [-0.4, -0.2) is 11.9 Å². The molecule has 0 bridgehead atoms. The average Bonchev–Trinajstić information content (AvgIpc) is 2.86. The highest BCUT2D eigenvalue weighted by molar-refractivity contribution is 7.96. The van der Waals surface area contributed by atoms with E-state index in [9.17, 15) is 26.7 Å². The summed E-state index contributed by atoms with van der Waals surface area (Å²) in [5.41, 5.74) is -1.42. The van der Waals surface area contributed by atoms with E-state index >= 15 is 0 Å². The zero-order chi connectivity index (χ0) is 23.6. The van der Waals surface area contributed by atoms with Crippen LogP contribution in [0.15, 0.2) is 91.0 Å². The van der Waals surface area contributed by atoms with Gasteiger partial charge in [-0.3, -0.25) is 4.79 Å². The molecule has 0 amide bonds. The Labute approximate surface area is 187 Å². The lowest BCUT2D eigenvalue weighted by molar-refractivity contribution is 0.101. The van der Waals surface area contributed by atoms with E-state index in [-0.39, 0.29) is 0 Å². The van der Waals surface area contributed by atoms with Gasteiger partial charge in [0.1, 0.15) is 29.3 Å². The quantitative estimate of drug-likeness (QED) is 0.118. The summed E-state index contributed by atoms with van der Waals surface area (Å²) in [6.07, 6.45) is -0.455. The first kappa shape index (κ1) is 22.8. The van der Waals surface area contributed by atoms with Gasteiger partial charge in [-0.15, -0.1) is 0 Å². The Morgan fingerprint density at radius 2 is 0.818 bits per heavy atom. The molecule has 4 aromatic carbocycles. The third-order valence-electron chi connectivity index (χ3n) is 5.46. The number of hydrogen-bond acceptors (Lipinski definition) is 1. The molecular formula is C26H17F5OP+. The van der Waals surface area contributed by atoms with Crippen molar-refractivity contribution in [2.75, 3.05) is 6.16 Å². The fraction of sp³-hybridized carbons (Fsp3) is 0.0385. The number of Topliss-reactive ketones (excluding diaryl/α,β-unsaturated/α-hetero) is 1. The van der Waals surface area contributed by atoms with E-state index in [0.29, 0.717) is 0 Å². The molecule has 0 unspecified atom stereocenters. The minimum absolute atomic E-state index is 0.455. The second kappa shape index (κ2) is 9.24. The van der Waals surface area contributed by atoms with Gasteiger partial charge in [-0.1, -0.05) is 54.6 Å². The average molecular weight is 471 g/mol. The van der Waals surface area contributed by atoms with Crippen LogP contribution in [0.4, 0.5) is 22.0 Å². The van der Waals surface area contributed by atoms with Gasteiger partial charge >= 0.3 is 0 Å². The maximum absolute atomic E-state index is 14.5. The predicted molar refractivity (Wildman–Crippen MR) is 121 cm³/mol. The van der Waals surface area contributed by atoms with Crippen LogP contribution in [0, 0.1) is 29.1 Å².